The number of carbonyl (C=O) groups excluding carboxylic acids is 2. The molecule has 0 saturated carbocycles. The summed E-state index contributed by atoms with van der Waals surface area (Å²) in [7, 11) is 0. The van der Waals surface area contributed by atoms with E-state index in [0.29, 0.717) is 26.2 Å². The number of hydroxylamine groups is 4. The summed E-state index contributed by atoms with van der Waals surface area (Å²) in [5.74, 6) is -0.742. The lowest BCUT2D eigenvalue weighted by Crippen LogP contribution is -2.48. The van der Waals surface area contributed by atoms with Gasteiger partial charge in [0.25, 0.3) is 0 Å². The zero-order valence-electron chi connectivity index (χ0n) is 11.5. The van der Waals surface area contributed by atoms with Crippen molar-refractivity contribution in [2.24, 2.45) is 11.8 Å². The zero-order chi connectivity index (χ0) is 13.7. The molecule has 1 rings (SSSR count). The van der Waals surface area contributed by atoms with Gasteiger partial charge in [0.15, 0.2) is 0 Å². The molecule has 0 radical (unpaired) electrons. The van der Waals surface area contributed by atoms with E-state index >= 15 is 0 Å². The van der Waals surface area contributed by atoms with Gasteiger partial charge in [-0.15, -0.1) is 10.1 Å². The van der Waals surface area contributed by atoms with Gasteiger partial charge in [-0.05, 0) is 0 Å². The molecule has 0 spiro atoms. The van der Waals surface area contributed by atoms with Crippen LogP contribution in [-0.2, 0) is 19.3 Å². The molecule has 0 aromatic rings. The molecular formula is C12H22N2O4. The summed E-state index contributed by atoms with van der Waals surface area (Å²) in [6, 6.07) is 0. The molecule has 18 heavy (non-hydrogen) atoms. The van der Waals surface area contributed by atoms with E-state index < -0.39 is 0 Å². The maximum Gasteiger partial charge on any atom is 0.327 e. The molecule has 0 unspecified atom stereocenters. The van der Waals surface area contributed by atoms with Crippen LogP contribution < -0.4 is 0 Å². The molecule has 1 aliphatic rings. The Morgan fingerprint density at radius 2 is 1.06 bits per heavy atom. The fraction of sp³-hybridized carbons (Fsp3) is 0.833. The Morgan fingerprint density at radius 1 is 0.778 bits per heavy atom. The molecule has 0 amide bonds. The summed E-state index contributed by atoms with van der Waals surface area (Å²) in [4.78, 5) is 33.2. The first kappa shape index (κ1) is 14.9. The number of rotatable bonds is 4. The first-order valence-electron chi connectivity index (χ1n) is 6.33. The average molecular weight is 258 g/mol. The van der Waals surface area contributed by atoms with Crippen molar-refractivity contribution >= 4 is 11.9 Å². The number of hydrogen-bond acceptors (Lipinski definition) is 6. The Labute approximate surface area is 108 Å². The summed E-state index contributed by atoms with van der Waals surface area (Å²) in [5, 5.41) is 3.23. The maximum absolute atomic E-state index is 11.4. The van der Waals surface area contributed by atoms with E-state index in [2.05, 4.69) is 0 Å². The van der Waals surface area contributed by atoms with Gasteiger partial charge in [-0.25, -0.2) is 0 Å². The lowest BCUT2D eigenvalue weighted by atomic mass is 10.2. The average Bonchev–Trinajstić information content (AvgIpc) is 2.31. The first-order chi connectivity index (χ1) is 8.40. The highest BCUT2D eigenvalue weighted by atomic mass is 16.7. The van der Waals surface area contributed by atoms with Crippen molar-refractivity contribution in [1.82, 2.24) is 10.1 Å². The van der Waals surface area contributed by atoms with Crippen LogP contribution in [0.2, 0.25) is 0 Å². The van der Waals surface area contributed by atoms with E-state index in [1.54, 1.807) is 37.8 Å². The van der Waals surface area contributed by atoms with E-state index in [4.69, 9.17) is 9.68 Å². The van der Waals surface area contributed by atoms with Gasteiger partial charge in [0, 0.05) is 0 Å². The molecule has 1 aliphatic heterocycles. The van der Waals surface area contributed by atoms with Gasteiger partial charge in [0.1, 0.15) is 0 Å². The lowest BCUT2D eigenvalue weighted by Gasteiger charge is -2.32. The number of nitrogens with zero attached hydrogens (tertiary/aromatic N) is 2. The van der Waals surface area contributed by atoms with E-state index in [1.165, 1.54) is 0 Å². The minimum absolute atomic E-state index is 0.137. The highest BCUT2D eigenvalue weighted by molar-refractivity contribution is 5.71. The van der Waals surface area contributed by atoms with E-state index in [9.17, 15) is 9.59 Å². The molecule has 104 valence electrons. The highest BCUT2D eigenvalue weighted by Gasteiger charge is 2.24. The summed E-state index contributed by atoms with van der Waals surface area (Å²) < 4.78 is 0. The van der Waals surface area contributed by atoms with Crippen molar-refractivity contribution in [1.29, 1.82) is 0 Å². The van der Waals surface area contributed by atoms with Crippen LogP contribution in [0, 0.1) is 11.8 Å². The van der Waals surface area contributed by atoms with Gasteiger partial charge >= 0.3 is 11.9 Å². The second-order valence-corrected chi connectivity index (χ2v) is 4.99. The number of carbonyl (C=O) groups is 2. The fourth-order valence-electron chi connectivity index (χ4n) is 1.32. The maximum atomic E-state index is 11.4. The van der Waals surface area contributed by atoms with E-state index in [-0.39, 0.29) is 23.8 Å². The monoisotopic (exact) mass is 258 g/mol. The van der Waals surface area contributed by atoms with Crippen LogP contribution in [0.5, 0.6) is 0 Å². The molecule has 1 fully saturated rings. The van der Waals surface area contributed by atoms with Crippen molar-refractivity contribution in [3.05, 3.63) is 0 Å². The predicted octanol–water partition coefficient (Wildman–Crippen LogP) is 0.832. The van der Waals surface area contributed by atoms with Crippen LogP contribution >= 0.6 is 0 Å². The summed E-state index contributed by atoms with van der Waals surface area (Å²) in [6.07, 6.45) is 0. The van der Waals surface area contributed by atoms with Crippen molar-refractivity contribution in [2.45, 2.75) is 27.7 Å². The van der Waals surface area contributed by atoms with Crippen molar-refractivity contribution in [3.8, 4) is 0 Å². The molecule has 0 aliphatic carbocycles. The van der Waals surface area contributed by atoms with Crippen LogP contribution in [0.25, 0.3) is 0 Å². The van der Waals surface area contributed by atoms with Gasteiger partial charge in [-0.3, -0.25) is 9.59 Å². The summed E-state index contributed by atoms with van der Waals surface area (Å²) in [5.41, 5.74) is 0. The van der Waals surface area contributed by atoms with Crippen LogP contribution in [-0.4, -0.2) is 48.2 Å². The van der Waals surface area contributed by atoms with Gasteiger partial charge in [-0.1, -0.05) is 27.7 Å². The fourth-order valence-corrected chi connectivity index (χ4v) is 1.32. The smallest absolute Gasteiger partial charge is 0.327 e. The normalized spacial score (nSPS) is 18.1. The molecule has 6 nitrogen and oxygen atoms in total. The molecule has 1 heterocycles. The second-order valence-electron chi connectivity index (χ2n) is 4.99. The minimum Gasteiger partial charge on any atom is -0.368 e. The Morgan fingerprint density at radius 3 is 1.28 bits per heavy atom. The van der Waals surface area contributed by atoms with Crippen LogP contribution in [0.4, 0.5) is 0 Å². The lowest BCUT2D eigenvalue weighted by molar-refractivity contribution is -0.235. The number of piperazine rings is 1. The Hall–Kier alpha value is -1.14. The molecule has 6 heteroatoms. The molecule has 0 atom stereocenters. The highest BCUT2D eigenvalue weighted by Crippen LogP contribution is 2.07. The van der Waals surface area contributed by atoms with E-state index in [0.717, 1.165) is 0 Å². The zero-order valence-corrected chi connectivity index (χ0v) is 11.5. The molecule has 0 N–H and O–H groups in total. The van der Waals surface area contributed by atoms with Crippen molar-refractivity contribution < 1.29 is 19.3 Å². The Bertz CT molecular complexity index is 266. The van der Waals surface area contributed by atoms with Gasteiger partial charge in [-0.2, -0.15) is 0 Å². The van der Waals surface area contributed by atoms with Crippen LogP contribution in [0.1, 0.15) is 27.7 Å². The van der Waals surface area contributed by atoms with Gasteiger partial charge in [0.05, 0.1) is 38.0 Å². The summed E-state index contributed by atoms with van der Waals surface area (Å²) >= 11 is 0. The SMILES string of the molecule is CC(C)C(=O)ON1CCN(OC(=O)C(C)C)CC1. The molecule has 1 saturated heterocycles. The quantitative estimate of drug-likeness (QED) is 0.744. The van der Waals surface area contributed by atoms with Gasteiger partial charge in [0.2, 0.25) is 0 Å². The predicted molar refractivity (Wildman–Crippen MR) is 65.0 cm³/mol. The van der Waals surface area contributed by atoms with Crippen LogP contribution in [0.3, 0.4) is 0 Å². The molecular weight excluding hydrogens is 236 g/mol. The molecule has 0 aromatic carbocycles. The first-order valence-corrected chi connectivity index (χ1v) is 6.33. The Balaban J connectivity index is 2.28. The Kier molecular flexibility index (Phi) is 5.55. The largest absolute Gasteiger partial charge is 0.368 e. The second kappa shape index (κ2) is 6.70. The molecule has 0 bridgehead atoms. The van der Waals surface area contributed by atoms with Crippen LogP contribution in [0.15, 0.2) is 0 Å². The topological polar surface area (TPSA) is 59.1 Å². The third kappa shape index (κ3) is 4.62. The minimum atomic E-state index is -0.234. The van der Waals surface area contributed by atoms with Gasteiger partial charge < -0.3 is 9.68 Å². The number of hydrogen-bond donors (Lipinski definition) is 0. The van der Waals surface area contributed by atoms with Crippen molar-refractivity contribution in [3.63, 3.8) is 0 Å². The third-order valence-corrected chi connectivity index (χ3v) is 2.58. The standard InChI is InChI=1S/C12H22N2O4/c1-9(2)11(15)17-13-5-7-14(8-6-13)18-12(16)10(3)4/h9-10H,5-8H2,1-4H3. The third-order valence-electron chi connectivity index (χ3n) is 2.58. The van der Waals surface area contributed by atoms with Crippen molar-refractivity contribution in [2.75, 3.05) is 26.2 Å². The van der Waals surface area contributed by atoms with E-state index in [1.807, 2.05) is 0 Å². The molecule has 0 aromatic heterocycles. The summed E-state index contributed by atoms with van der Waals surface area (Å²) in [6.45, 7) is 9.36.